The first kappa shape index (κ1) is 11.3. The maximum Gasteiger partial charge on any atom is 0.348 e. The molecule has 1 aromatic heterocycles. The van der Waals surface area contributed by atoms with Crippen LogP contribution in [0.3, 0.4) is 0 Å². The summed E-state index contributed by atoms with van der Waals surface area (Å²) in [7, 11) is 0. The summed E-state index contributed by atoms with van der Waals surface area (Å²) < 4.78 is 6.35. The molecule has 0 amide bonds. The Kier molecular flexibility index (Phi) is 3.36. The molecule has 1 aliphatic rings. The van der Waals surface area contributed by atoms with Gasteiger partial charge in [-0.05, 0) is 6.42 Å². The Bertz CT molecular complexity index is 452. The maximum atomic E-state index is 11.8. The van der Waals surface area contributed by atoms with E-state index in [1.165, 1.54) is 17.0 Å². The molecule has 86 valence electrons. The molecule has 0 N–H and O–H groups in total. The summed E-state index contributed by atoms with van der Waals surface area (Å²) >= 11 is 5.70. The van der Waals surface area contributed by atoms with Gasteiger partial charge in [0.2, 0.25) is 0 Å². The van der Waals surface area contributed by atoms with Crippen molar-refractivity contribution in [3.8, 4) is 0 Å². The smallest absolute Gasteiger partial charge is 0.348 e. The van der Waals surface area contributed by atoms with E-state index in [1.54, 1.807) is 0 Å². The number of aromatic nitrogens is 2. The van der Waals surface area contributed by atoms with Crippen LogP contribution >= 0.6 is 11.6 Å². The van der Waals surface area contributed by atoms with Crippen LogP contribution < -0.4 is 5.69 Å². The molecule has 1 atom stereocenters. The van der Waals surface area contributed by atoms with Gasteiger partial charge >= 0.3 is 5.69 Å². The predicted molar refractivity (Wildman–Crippen MR) is 57.4 cm³/mol. The maximum absolute atomic E-state index is 11.8. The third kappa shape index (κ3) is 2.48. The van der Waals surface area contributed by atoms with Crippen LogP contribution in [-0.4, -0.2) is 28.5 Å². The molecule has 16 heavy (non-hydrogen) atoms. The van der Waals surface area contributed by atoms with Gasteiger partial charge in [0.25, 0.3) is 0 Å². The molecule has 1 aliphatic heterocycles. The van der Waals surface area contributed by atoms with Crippen LogP contribution in [0, 0.1) is 5.92 Å². The molecular weight excluding hydrogens is 232 g/mol. The van der Waals surface area contributed by atoms with Crippen molar-refractivity contribution in [3.05, 3.63) is 27.9 Å². The molecular formula is C10H11ClN2O3. The minimum absolute atomic E-state index is 0.0105. The molecule has 0 spiro atoms. The lowest BCUT2D eigenvalue weighted by atomic mass is 10.0. The van der Waals surface area contributed by atoms with Crippen molar-refractivity contribution in [1.82, 2.24) is 9.55 Å². The molecule has 2 heterocycles. The van der Waals surface area contributed by atoms with Gasteiger partial charge in [-0.25, -0.2) is 9.78 Å². The monoisotopic (exact) mass is 242 g/mol. The lowest BCUT2D eigenvalue weighted by molar-refractivity contribution is -0.123. The fraction of sp³-hybridized carbons (Fsp3) is 0.500. The molecule has 0 saturated carbocycles. The van der Waals surface area contributed by atoms with Crippen molar-refractivity contribution in [2.75, 3.05) is 13.2 Å². The van der Waals surface area contributed by atoms with E-state index in [-0.39, 0.29) is 18.2 Å². The highest BCUT2D eigenvalue weighted by molar-refractivity contribution is 6.30. The highest BCUT2D eigenvalue weighted by Gasteiger charge is 2.23. The molecule has 5 nitrogen and oxygen atoms in total. The first-order chi connectivity index (χ1) is 7.66. The number of hydrogen-bond acceptors (Lipinski definition) is 4. The standard InChI is InChI=1S/C10H11ClN2O3/c11-8-3-12-10(15)13(4-8)5-9(14)7-1-2-16-6-7/h3-4,7H,1-2,5-6H2. The Morgan fingerprint density at radius 2 is 2.50 bits per heavy atom. The zero-order chi connectivity index (χ0) is 11.5. The SMILES string of the molecule is O=C(Cn1cc(Cl)cnc1=O)C1CCOC1. The molecule has 1 saturated heterocycles. The Labute approximate surface area is 97.0 Å². The van der Waals surface area contributed by atoms with E-state index in [9.17, 15) is 9.59 Å². The molecule has 1 fully saturated rings. The molecule has 0 bridgehead atoms. The molecule has 0 radical (unpaired) electrons. The Morgan fingerprint density at radius 3 is 3.19 bits per heavy atom. The highest BCUT2D eigenvalue weighted by atomic mass is 35.5. The number of ketones is 1. The fourth-order valence-corrected chi connectivity index (χ4v) is 1.79. The number of halogens is 1. The molecule has 0 aliphatic carbocycles. The summed E-state index contributed by atoms with van der Waals surface area (Å²) in [6, 6.07) is 0. The van der Waals surface area contributed by atoms with Crippen LogP contribution in [0.25, 0.3) is 0 Å². The number of rotatable bonds is 3. The first-order valence-corrected chi connectivity index (χ1v) is 5.37. The largest absolute Gasteiger partial charge is 0.381 e. The highest BCUT2D eigenvalue weighted by Crippen LogP contribution is 2.14. The Balaban J connectivity index is 2.11. The van der Waals surface area contributed by atoms with Gasteiger partial charge in [0, 0.05) is 18.7 Å². The number of Topliss-reactive ketones (excluding diaryl/α,β-unsaturated/α-hetero) is 1. The van der Waals surface area contributed by atoms with Crippen molar-refractivity contribution in [2.45, 2.75) is 13.0 Å². The van der Waals surface area contributed by atoms with Crippen LogP contribution in [0.15, 0.2) is 17.2 Å². The normalized spacial score (nSPS) is 19.9. The van der Waals surface area contributed by atoms with Gasteiger partial charge in [-0.15, -0.1) is 0 Å². The Hall–Kier alpha value is -1.20. The van der Waals surface area contributed by atoms with Crippen LogP contribution in [0.1, 0.15) is 6.42 Å². The van der Waals surface area contributed by atoms with E-state index >= 15 is 0 Å². The van der Waals surface area contributed by atoms with E-state index in [0.717, 1.165) is 6.42 Å². The first-order valence-electron chi connectivity index (χ1n) is 4.99. The van der Waals surface area contributed by atoms with E-state index in [1.807, 2.05) is 0 Å². The average Bonchev–Trinajstić information content (AvgIpc) is 2.76. The summed E-state index contributed by atoms with van der Waals surface area (Å²) in [5.41, 5.74) is -0.461. The van der Waals surface area contributed by atoms with E-state index in [2.05, 4.69) is 4.98 Å². The summed E-state index contributed by atoms with van der Waals surface area (Å²) in [4.78, 5) is 26.6. The second kappa shape index (κ2) is 4.76. The van der Waals surface area contributed by atoms with E-state index < -0.39 is 5.69 Å². The van der Waals surface area contributed by atoms with Gasteiger partial charge in [-0.1, -0.05) is 11.6 Å². The zero-order valence-electron chi connectivity index (χ0n) is 8.56. The number of carbonyl (C=O) groups is 1. The lowest BCUT2D eigenvalue weighted by Crippen LogP contribution is -2.29. The predicted octanol–water partition coefficient (Wildman–Crippen LogP) is 0.502. The van der Waals surface area contributed by atoms with Gasteiger partial charge in [-0.3, -0.25) is 9.36 Å². The average molecular weight is 243 g/mol. The summed E-state index contributed by atoms with van der Waals surface area (Å²) in [6.45, 7) is 1.07. The van der Waals surface area contributed by atoms with Gasteiger partial charge in [-0.2, -0.15) is 0 Å². The van der Waals surface area contributed by atoms with Crippen LogP contribution in [0.4, 0.5) is 0 Å². The third-order valence-electron chi connectivity index (χ3n) is 2.53. The third-order valence-corrected chi connectivity index (χ3v) is 2.73. The van der Waals surface area contributed by atoms with Gasteiger partial charge < -0.3 is 4.74 Å². The van der Waals surface area contributed by atoms with Crippen molar-refractivity contribution in [2.24, 2.45) is 5.92 Å². The molecule has 6 heteroatoms. The molecule has 1 unspecified atom stereocenters. The van der Waals surface area contributed by atoms with Crippen LogP contribution in [0.5, 0.6) is 0 Å². The second-order valence-electron chi connectivity index (χ2n) is 3.71. The van der Waals surface area contributed by atoms with Gasteiger partial charge in [0.1, 0.15) is 0 Å². The summed E-state index contributed by atoms with van der Waals surface area (Å²) in [6.07, 6.45) is 3.41. The fourth-order valence-electron chi connectivity index (χ4n) is 1.63. The molecule has 1 aromatic rings. The van der Waals surface area contributed by atoms with Crippen LogP contribution in [-0.2, 0) is 16.1 Å². The molecule has 0 aromatic carbocycles. The second-order valence-corrected chi connectivity index (χ2v) is 4.15. The quantitative estimate of drug-likeness (QED) is 0.775. The number of ether oxygens (including phenoxy) is 1. The van der Waals surface area contributed by atoms with Crippen LogP contribution in [0.2, 0.25) is 5.02 Å². The number of carbonyl (C=O) groups excluding carboxylic acids is 1. The van der Waals surface area contributed by atoms with Gasteiger partial charge in [0.15, 0.2) is 5.78 Å². The number of nitrogens with zero attached hydrogens (tertiary/aromatic N) is 2. The van der Waals surface area contributed by atoms with Crippen molar-refractivity contribution in [1.29, 1.82) is 0 Å². The number of hydrogen-bond donors (Lipinski definition) is 0. The van der Waals surface area contributed by atoms with Gasteiger partial charge in [0.05, 0.1) is 24.4 Å². The Morgan fingerprint density at radius 1 is 1.69 bits per heavy atom. The van der Waals surface area contributed by atoms with Crippen molar-refractivity contribution < 1.29 is 9.53 Å². The van der Waals surface area contributed by atoms with Crippen molar-refractivity contribution >= 4 is 17.4 Å². The zero-order valence-corrected chi connectivity index (χ0v) is 9.31. The minimum atomic E-state index is -0.461. The van der Waals surface area contributed by atoms with E-state index in [4.69, 9.17) is 16.3 Å². The topological polar surface area (TPSA) is 61.2 Å². The van der Waals surface area contributed by atoms with E-state index in [0.29, 0.717) is 18.2 Å². The molecule has 2 rings (SSSR count). The lowest BCUT2D eigenvalue weighted by Gasteiger charge is -2.08. The summed E-state index contributed by atoms with van der Waals surface area (Å²) in [5.74, 6) is -0.116. The summed E-state index contributed by atoms with van der Waals surface area (Å²) in [5, 5.41) is 0.343. The minimum Gasteiger partial charge on any atom is -0.381 e. The van der Waals surface area contributed by atoms with Crippen molar-refractivity contribution in [3.63, 3.8) is 0 Å².